The Morgan fingerprint density at radius 3 is 2.60 bits per heavy atom. The molecule has 1 atom stereocenters. The van der Waals surface area contributed by atoms with Crippen LogP contribution in [0.1, 0.15) is 18.5 Å². The van der Waals surface area contributed by atoms with Gasteiger partial charge in [-0.3, -0.25) is 4.79 Å². The quantitative estimate of drug-likeness (QED) is 0.764. The molecular formula is C10H11FN2OS. The van der Waals surface area contributed by atoms with E-state index in [0.29, 0.717) is 0 Å². The lowest BCUT2D eigenvalue weighted by atomic mass is 10.1. The number of carbonyl (C=O) groups is 1. The lowest BCUT2D eigenvalue weighted by molar-refractivity contribution is -0.119. The lowest BCUT2D eigenvalue weighted by Crippen LogP contribution is -2.35. The van der Waals surface area contributed by atoms with Gasteiger partial charge in [0.15, 0.2) is 0 Å². The number of hydrogen-bond acceptors (Lipinski definition) is 2. The summed E-state index contributed by atoms with van der Waals surface area (Å²) < 4.78 is 13.4. The highest BCUT2D eigenvalue weighted by Gasteiger charge is 2.18. The maximum atomic E-state index is 13.4. The number of benzene rings is 1. The molecule has 0 spiro atoms. The van der Waals surface area contributed by atoms with Crippen LogP contribution in [0.2, 0.25) is 0 Å². The number of nitrogens with one attached hydrogen (secondary N) is 1. The van der Waals surface area contributed by atoms with E-state index in [9.17, 15) is 9.18 Å². The minimum atomic E-state index is -0.751. The van der Waals surface area contributed by atoms with Crippen molar-refractivity contribution in [2.75, 3.05) is 0 Å². The molecule has 0 aromatic heterocycles. The average molecular weight is 226 g/mol. The van der Waals surface area contributed by atoms with Gasteiger partial charge in [0.05, 0.1) is 0 Å². The summed E-state index contributed by atoms with van der Waals surface area (Å²) in [4.78, 5) is 10.9. The van der Waals surface area contributed by atoms with Gasteiger partial charge in [-0.2, -0.15) is 0 Å². The second-order valence-corrected chi connectivity index (χ2v) is 3.53. The fraction of sp³-hybridized carbons (Fsp3) is 0.200. The van der Waals surface area contributed by atoms with Crippen molar-refractivity contribution in [2.45, 2.75) is 13.0 Å². The van der Waals surface area contributed by atoms with Gasteiger partial charge in [0.25, 0.3) is 0 Å². The molecule has 1 aromatic carbocycles. The molecule has 80 valence electrons. The van der Waals surface area contributed by atoms with E-state index in [1.807, 2.05) is 0 Å². The summed E-state index contributed by atoms with van der Waals surface area (Å²) in [6.07, 6.45) is 0. The van der Waals surface area contributed by atoms with Crippen LogP contribution in [0, 0.1) is 5.82 Å². The van der Waals surface area contributed by atoms with Crippen LogP contribution in [0.4, 0.5) is 4.39 Å². The van der Waals surface area contributed by atoms with Gasteiger partial charge in [0.1, 0.15) is 16.8 Å². The first-order chi connectivity index (χ1) is 7.02. The first-order valence-corrected chi connectivity index (χ1v) is 4.74. The smallest absolute Gasteiger partial charge is 0.217 e. The minimum absolute atomic E-state index is 0.0373. The maximum absolute atomic E-state index is 13.4. The van der Waals surface area contributed by atoms with Crippen molar-refractivity contribution >= 4 is 23.1 Å². The van der Waals surface area contributed by atoms with Crippen LogP contribution in [-0.2, 0) is 4.79 Å². The molecule has 3 N–H and O–H groups in total. The number of amides is 1. The molecule has 0 saturated carbocycles. The van der Waals surface area contributed by atoms with Crippen molar-refractivity contribution in [3.05, 3.63) is 35.6 Å². The Labute approximate surface area is 92.5 Å². The first-order valence-electron chi connectivity index (χ1n) is 4.33. The monoisotopic (exact) mass is 226 g/mol. The van der Waals surface area contributed by atoms with E-state index < -0.39 is 11.9 Å². The minimum Gasteiger partial charge on any atom is -0.391 e. The third-order valence-electron chi connectivity index (χ3n) is 1.85. The van der Waals surface area contributed by atoms with E-state index in [4.69, 9.17) is 18.0 Å². The van der Waals surface area contributed by atoms with Gasteiger partial charge < -0.3 is 11.1 Å². The summed E-state index contributed by atoms with van der Waals surface area (Å²) >= 11 is 4.77. The second kappa shape index (κ2) is 4.84. The normalized spacial score (nSPS) is 11.9. The van der Waals surface area contributed by atoms with Crippen molar-refractivity contribution in [3.8, 4) is 0 Å². The van der Waals surface area contributed by atoms with Crippen LogP contribution < -0.4 is 11.1 Å². The topological polar surface area (TPSA) is 55.1 Å². The zero-order chi connectivity index (χ0) is 11.4. The molecule has 0 aliphatic rings. The number of halogens is 1. The third kappa shape index (κ3) is 2.99. The van der Waals surface area contributed by atoms with Crippen molar-refractivity contribution < 1.29 is 9.18 Å². The van der Waals surface area contributed by atoms with E-state index in [1.54, 1.807) is 12.1 Å². The van der Waals surface area contributed by atoms with Crippen LogP contribution in [-0.4, -0.2) is 10.9 Å². The standard InChI is InChI=1S/C10H11FN2OS/c1-6(14)13-9(10(12)15)7-4-2-3-5-8(7)11/h2-5,9H,1H3,(H2,12,15)(H,13,14). The van der Waals surface area contributed by atoms with E-state index >= 15 is 0 Å². The molecule has 15 heavy (non-hydrogen) atoms. The first kappa shape index (κ1) is 11.6. The van der Waals surface area contributed by atoms with Crippen molar-refractivity contribution in [3.63, 3.8) is 0 Å². The van der Waals surface area contributed by atoms with Crippen molar-refractivity contribution in [1.29, 1.82) is 0 Å². The predicted octanol–water partition coefficient (Wildman–Crippen LogP) is 1.29. The maximum Gasteiger partial charge on any atom is 0.217 e. The molecular weight excluding hydrogens is 215 g/mol. The van der Waals surface area contributed by atoms with E-state index in [-0.39, 0.29) is 16.5 Å². The van der Waals surface area contributed by atoms with Gasteiger partial charge in [-0.25, -0.2) is 4.39 Å². The van der Waals surface area contributed by atoms with Gasteiger partial charge in [-0.1, -0.05) is 30.4 Å². The van der Waals surface area contributed by atoms with Crippen LogP contribution in [0.15, 0.2) is 24.3 Å². The summed E-state index contributed by atoms with van der Waals surface area (Å²) in [5.41, 5.74) is 5.71. The van der Waals surface area contributed by atoms with Gasteiger partial charge >= 0.3 is 0 Å². The lowest BCUT2D eigenvalue weighted by Gasteiger charge is -2.17. The molecule has 0 aliphatic carbocycles. The fourth-order valence-electron chi connectivity index (χ4n) is 1.21. The van der Waals surface area contributed by atoms with Gasteiger partial charge in [0, 0.05) is 12.5 Å². The fourth-order valence-corrected chi connectivity index (χ4v) is 1.40. The van der Waals surface area contributed by atoms with Crippen LogP contribution in [0.3, 0.4) is 0 Å². The van der Waals surface area contributed by atoms with Crippen LogP contribution >= 0.6 is 12.2 Å². The summed E-state index contributed by atoms with van der Waals surface area (Å²) in [7, 11) is 0. The highest BCUT2D eigenvalue weighted by atomic mass is 32.1. The summed E-state index contributed by atoms with van der Waals surface area (Å²) in [5, 5.41) is 2.49. The largest absolute Gasteiger partial charge is 0.391 e. The highest BCUT2D eigenvalue weighted by molar-refractivity contribution is 7.80. The third-order valence-corrected chi connectivity index (χ3v) is 2.08. The molecule has 1 rings (SSSR count). The van der Waals surface area contributed by atoms with Gasteiger partial charge in [-0.05, 0) is 6.07 Å². The van der Waals surface area contributed by atoms with Crippen molar-refractivity contribution in [1.82, 2.24) is 5.32 Å². The zero-order valence-electron chi connectivity index (χ0n) is 8.16. The second-order valence-electron chi connectivity index (χ2n) is 3.06. The van der Waals surface area contributed by atoms with Crippen molar-refractivity contribution in [2.24, 2.45) is 5.73 Å². The molecule has 5 heteroatoms. The molecule has 3 nitrogen and oxygen atoms in total. The molecule has 0 bridgehead atoms. The Morgan fingerprint density at radius 2 is 2.13 bits per heavy atom. The summed E-state index contributed by atoms with van der Waals surface area (Å²) in [6.45, 7) is 1.33. The molecule has 0 saturated heterocycles. The molecule has 0 fully saturated rings. The number of thiocarbonyl (C=S) groups is 1. The van der Waals surface area contributed by atoms with Crippen LogP contribution in [0.25, 0.3) is 0 Å². The molecule has 0 aliphatic heterocycles. The molecule has 0 radical (unpaired) electrons. The van der Waals surface area contributed by atoms with E-state index in [0.717, 1.165) is 0 Å². The Kier molecular flexibility index (Phi) is 3.74. The van der Waals surface area contributed by atoms with Gasteiger partial charge in [0.2, 0.25) is 5.91 Å². The van der Waals surface area contributed by atoms with E-state index in [2.05, 4.69) is 5.32 Å². The summed E-state index contributed by atoms with van der Waals surface area (Å²) in [6, 6.07) is 5.30. The number of nitrogens with two attached hydrogens (primary N) is 1. The van der Waals surface area contributed by atoms with E-state index in [1.165, 1.54) is 19.1 Å². The Bertz CT molecular complexity index is 395. The molecule has 1 aromatic rings. The van der Waals surface area contributed by atoms with Crippen LogP contribution in [0.5, 0.6) is 0 Å². The Morgan fingerprint density at radius 1 is 1.53 bits per heavy atom. The zero-order valence-corrected chi connectivity index (χ0v) is 8.98. The Balaban J connectivity index is 3.04. The Hall–Kier alpha value is -1.49. The number of carbonyl (C=O) groups excluding carboxylic acids is 1. The SMILES string of the molecule is CC(=O)NC(C(N)=S)c1ccccc1F. The van der Waals surface area contributed by atoms with Gasteiger partial charge in [-0.15, -0.1) is 0 Å². The number of rotatable bonds is 3. The molecule has 1 unspecified atom stereocenters. The highest BCUT2D eigenvalue weighted by Crippen LogP contribution is 2.16. The average Bonchev–Trinajstić information content (AvgIpc) is 2.15. The number of hydrogen-bond donors (Lipinski definition) is 2. The molecule has 1 amide bonds. The predicted molar refractivity (Wildman–Crippen MR) is 59.7 cm³/mol. The summed E-state index contributed by atoms with van der Waals surface area (Å²) in [5.74, 6) is -0.750. The molecule has 0 heterocycles.